The van der Waals surface area contributed by atoms with Crippen molar-refractivity contribution in [1.29, 1.82) is 0 Å². The van der Waals surface area contributed by atoms with Gasteiger partial charge in [0.1, 0.15) is 0 Å². The molecule has 1 amide bonds. The maximum Gasteiger partial charge on any atom is 0.306 e. The van der Waals surface area contributed by atoms with Gasteiger partial charge in [0.25, 0.3) is 0 Å². The van der Waals surface area contributed by atoms with E-state index in [0.29, 0.717) is 19.4 Å². The van der Waals surface area contributed by atoms with Gasteiger partial charge in [-0.05, 0) is 19.3 Å². The molecule has 0 aromatic rings. The zero-order valence-corrected chi connectivity index (χ0v) is 11.7. The Morgan fingerprint density at radius 2 is 1.83 bits per heavy atom. The van der Waals surface area contributed by atoms with E-state index in [9.17, 15) is 9.59 Å². The third-order valence-electron chi connectivity index (χ3n) is 3.20. The third-order valence-corrected chi connectivity index (χ3v) is 3.20. The highest BCUT2D eigenvalue weighted by atomic mass is 16.4. The largest absolute Gasteiger partial charge is 0.481 e. The summed E-state index contributed by atoms with van der Waals surface area (Å²) in [5.41, 5.74) is 0. The molecular weight excluding hydrogens is 230 g/mol. The van der Waals surface area contributed by atoms with E-state index < -0.39 is 5.97 Å². The number of carbonyl (C=O) groups excluding carboxylic acids is 1. The van der Waals surface area contributed by atoms with Crippen LogP contribution in [0.15, 0.2) is 0 Å². The molecule has 0 saturated heterocycles. The highest BCUT2D eigenvalue weighted by Crippen LogP contribution is 2.12. The first kappa shape index (κ1) is 16.9. The lowest BCUT2D eigenvalue weighted by Gasteiger charge is -2.19. The Hall–Kier alpha value is -1.06. The van der Waals surface area contributed by atoms with Crippen molar-refractivity contribution in [2.45, 2.75) is 58.8 Å². The number of rotatable bonds is 12. The zero-order valence-electron chi connectivity index (χ0n) is 11.7. The standard InChI is InChI=1S/C14H27NO3/c1-3-5-6-7-10-15(12-16)11-9-13(8-4-2)14(17)18/h12-13H,3-11H2,1-2H3,(H,17,18). The molecule has 0 aliphatic heterocycles. The van der Waals surface area contributed by atoms with Crippen molar-refractivity contribution in [3.8, 4) is 0 Å². The van der Waals surface area contributed by atoms with Crippen molar-refractivity contribution >= 4 is 12.4 Å². The summed E-state index contributed by atoms with van der Waals surface area (Å²) in [6, 6.07) is 0. The van der Waals surface area contributed by atoms with Crippen molar-refractivity contribution in [1.82, 2.24) is 4.90 Å². The molecule has 0 aromatic carbocycles. The predicted molar refractivity (Wildman–Crippen MR) is 72.4 cm³/mol. The molecule has 0 bridgehead atoms. The van der Waals surface area contributed by atoms with Gasteiger partial charge in [-0.25, -0.2) is 0 Å². The van der Waals surface area contributed by atoms with Gasteiger partial charge in [-0.2, -0.15) is 0 Å². The minimum atomic E-state index is -0.742. The topological polar surface area (TPSA) is 57.6 Å². The second-order valence-corrected chi connectivity index (χ2v) is 4.81. The SMILES string of the molecule is CCCCCCN(C=O)CCC(CCC)C(=O)O. The normalized spacial score (nSPS) is 12.1. The minimum Gasteiger partial charge on any atom is -0.481 e. The Morgan fingerprint density at radius 1 is 1.11 bits per heavy atom. The lowest BCUT2D eigenvalue weighted by molar-refractivity contribution is -0.142. The molecule has 0 aliphatic rings. The average molecular weight is 257 g/mol. The quantitative estimate of drug-likeness (QED) is 0.432. The second kappa shape index (κ2) is 11.1. The van der Waals surface area contributed by atoms with E-state index in [1.807, 2.05) is 6.92 Å². The van der Waals surface area contributed by atoms with Crippen LogP contribution >= 0.6 is 0 Å². The first-order chi connectivity index (χ1) is 8.65. The van der Waals surface area contributed by atoms with E-state index in [4.69, 9.17) is 5.11 Å². The maximum absolute atomic E-state index is 11.0. The van der Waals surface area contributed by atoms with Gasteiger partial charge in [0.15, 0.2) is 0 Å². The molecule has 0 saturated carbocycles. The minimum absolute atomic E-state index is 0.312. The average Bonchev–Trinajstić information content (AvgIpc) is 2.36. The Balaban J connectivity index is 3.89. The van der Waals surface area contributed by atoms with Crippen molar-refractivity contribution < 1.29 is 14.7 Å². The first-order valence-corrected chi connectivity index (χ1v) is 7.07. The van der Waals surface area contributed by atoms with Crippen LogP contribution < -0.4 is 0 Å². The van der Waals surface area contributed by atoms with E-state index in [2.05, 4.69) is 6.92 Å². The van der Waals surface area contributed by atoms with Crippen LogP contribution in [0.4, 0.5) is 0 Å². The molecule has 0 fully saturated rings. The molecule has 0 rings (SSSR count). The fourth-order valence-electron chi connectivity index (χ4n) is 2.02. The predicted octanol–water partition coefficient (Wildman–Crippen LogP) is 2.92. The summed E-state index contributed by atoms with van der Waals surface area (Å²) >= 11 is 0. The molecule has 4 nitrogen and oxygen atoms in total. The van der Waals surface area contributed by atoms with E-state index in [1.165, 1.54) is 12.8 Å². The van der Waals surface area contributed by atoms with Crippen molar-refractivity contribution in [2.24, 2.45) is 5.92 Å². The van der Waals surface area contributed by atoms with Gasteiger partial charge < -0.3 is 10.0 Å². The Kier molecular flexibility index (Phi) is 10.4. The Bertz CT molecular complexity index is 231. The molecule has 0 aromatic heterocycles. The number of nitrogens with zero attached hydrogens (tertiary/aromatic N) is 1. The first-order valence-electron chi connectivity index (χ1n) is 7.07. The Morgan fingerprint density at radius 3 is 2.33 bits per heavy atom. The van der Waals surface area contributed by atoms with Crippen LogP contribution in [0.25, 0.3) is 0 Å². The summed E-state index contributed by atoms with van der Waals surface area (Å²) in [5, 5.41) is 9.03. The van der Waals surface area contributed by atoms with Crippen LogP contribution in [-0.4, -0.2) is 35.5 Å². The molecule has 18 heavy (non-hydrogen) atoms. The fourth-order valence-corrected chi connectivity index (χ4v) is 2.02. The summed E-state index contributed by atoms with van der Waals surface area (Å²) in [6.45, 7) is 5.45. The van der Waals surface area contributed by atoms with Gasteiger partial charge >= 0.3 is 5.97 Å². The zero-order chi connectivity index (χ0) is 13.8. The number of carbonyl (C=O) groups is 2. The monoisotopic (exact) mass is 257 g/mol. The summed E-state index contributed by atoms with van der Waals surface area (Å²) in [6.07, 6.45) is 7.49. The fraction of sp³-hybridized carbons (Fsp3) is 0.857. The van der Waals surface area contributed by atoms with Crippen LogP contribution in [0.2, 0.25) is 0 Å². The van der Waals surface area contributed by atoms with Gasteiger partial charge in [-0.15, -0.1) is 0 Å². The molecule has 4 heteroatoms. The van der Waals surface area contributed by atoms with Gasteiger partial charge in [-0.1, -0.05) is 39.5 Å². The molecule has 0 spiro atoms. The van der Waals surface area contributed by atoms with Crippen molar-refractivity contribution in [3.63, 3.8) is 0 Å². The molecule has 0 heterocycles. The van der Waals surface area contributed by atoms with Gasteiger partial charge in [0, 0.05) is 13.1 Å². The highest BCUT2D eigenvalue weighted by molar-refractivity contribution is 5.69. The van der Waals surface area contributed by atoms with E-state index >= 15 is 0 Å². The van der Waals surface area contributed by atoms with Crippen molar-refractivity contribution in [2.75, 3.05) is 13.1 Å². The summed E-state index contributed by atoms with van der Waals surface area (Å²) in [5.74, 6) is -1.05. The number of amides is 1. The van der Waals surface area contributed by atoms with Gasteiger partial charge in [-0.3, -0.25) is 9.59 Å². The second-order valence-electron chi connectivity index (χ2n) is 4.81. The van der Waals surface area contributed by atoms with Gasteiger partial charge in [0.05, 0.1) is 5.92 Å². The summed E-state index contributed by atoms with van der Waals surface area (Å²) in [7, 11) is 0. The number of unbranched alkanes of at least 4 members (excludes halogenated alkanes) is 3. The van der Waals surface area contributed by atoms with Crippen LogP contribution in [-0.2, 0) is 9.59 Å². The number of hydrogen-bond donors (Lipinski definition) is 1. The molecule has 106 valence electrons. The van der Waals surface area contributed by atoms with Crippen LogP contribution in [0, 0.1) is 5.92 Å². The van der Waals surface area contributed by atoms with Crippen molar-refractivity contribution in [3.05, 3.63) is 0 Å². The molecule has 0 aliphatic carbocycles. The summed E-state index contributed by atoms with van der Waals surface area (Å²) in [4.78, 5) is 23.6. The Labute approximate surface area is 110 Å². The summed E-state index contributed by atoms with van der Waals surface area (Å²) < 4.78 is 0. The lowest BCUT2D eigenvalue weighted by atomic mass is 10.00. The number of aliphatic carboxylic acids is 1. The molecule has 1 N–H and O–H groups in total. The lowest BCUT2D eigenvalue weighted by Crippen LogP contribution is -2.27. The van der Waals surface area contributed by atoms with Crippen LogP contribution in [0.1, 0.15) is 58.8 Å². The van der Waals surface area contributed by atoms with Crippen LogP contribution in [0.3, 0.4) is 0 Å². The molecule has 1 atom stereocenters. The number of carboxylic acid groups (broad SMARTS) is 1. The molecular formula is C14H27NO3. The highest BCUT2D eigenvalue weighted by Gasteiger charge is 2.17. The van der Waals surface area contributed by atoms with Gasteiger partial charge in [0.2, 0.25) is 6.41 Å². The number of hydrogen-bond acceptors (Lipinski definition) is 2. The number of carboxylic acids is 1. The van der Waals surface area contributed by atoms with E-state index in [-0.39, 0.29) is 5.92 Å². The van der Waals surface area contributed by atoms with E-state index in [0.717, 1.165) is 32.2 Å². The smallest absolute Gasteiger partial charge is 0.306 e. The third kappa shape index (κ3) is 8.09. The van der Waals surface area contributed by atoms with Crippen LogP contribution in [0.5, 0.6) is 0 Å². The maximum atomic E-state index is 11.0. The molecule has 0 radical (unpaired) electrons. The molecule has 1 unspecified atom stereocenters. The van der Waals surface area contributed by atoms with E-state index in [1.54, 1.807) is 4.90 Å².